The van der Waals surface area contributed by atoms with Crippen molar-refractivity contribution in [1.82, 2.24) is 5.32 Å². The summed E-state index contributed by atoms with van der Waals surface area (Å²) < 4.78 is 5.57. The van der Waals surface area contributed by atoms with Crippen LogP contribution in [0.25, 0.3) is 0 Å². The van der Waals surface area contributed by atoms with Gasteiger partial charge in [0.05, 0.1) is 6.10 Å². The van der Waals surface area contributed by atoms with E-state index in [-0.39, 0.29) is 5.91 Å². The molecule has 0 saturated carbocycles. The second kappa shape index (κ2) is 5.87. The number of amides is 1. The van der Waals surface area contributed by atoms with E-state index in [1.807, 2.05) is 25.1 Å². The molecule has 0 bridgehead atoms. The number of carbonyl (C=O) groups excluding carboxylic acids is 1. The van der Waals surface area contributed by atoms with E-state index in [0.29, 0.717) is 11.7 Å². The molecular weight excluding hydrogens is 228 g/mol. The molecule has 0 aliphatic carbocycles. The van der Waals surface area contributed by atoms with E-state index < -0.39 is 0 Å². The molecule has 98 valence electrons. The van der Waals surface area contributed by atoms with Gasteiger partial charge in [-0.15, -0.1) is 0 Å². The van der Waals surface area contributed by atoms with Crippen molar-refractivity contribution in [3.63, 3.8) is 0 Å². The Balaban J connectivity index is 1.98. The summed E-state index contributed by atoms with van der Waals surface area (Å²) in [6.45, 7) is 3.71. The number of ether oxygens (including phenoxy) is 1. The Kier molecular flexibility index (Phi) is 4.20. The molecule has 1 aromatic rings. The maximum absolute atomic E-state index is 11.5. The third-order valence-corrected chi connectivity index (χ3v) is 3.26. The van der Waals surface area contributed by atoms with Gasteiger partial charge < -0.3 is 15.4 Å². The lowest BCUT2D eigenvalue weighted by Crippen LogP contribution is -2.20. The molecule has 0 radical (unpaired) electrons. The summed E-state index contributed by atoms with van der Waals surface area (Å²) in [6, 6.07) is 5.69. The maximum Gasteiger partial charge on any atom is 0.251 e. The number of rotatable bonds is 4. The molecule has 0 aromatic heterocycles. The third kappa shape index (κ3) is 3.01. The molecular formula is C14H20N2O2. The van der Waals surface area contributed by atoms with Crippen LogP contribution in [0.2, 0.25) is 0 Å². The number of aryl methyl sites for hydroxylation is 1. The molecule has 4 nitrogen and oxygen atoms in total. The van der Waals surface area contributed by atoms with Gasteiger partial charge >= 0.3 is 0 Å². The quantitative estimate of drug-likeness (QED) is 0.856. The minimum atomic E-state index is -0.0521. The van der Waals surface area contributed by atoms with Gasteiger partial charge in [0.1, 0.15) is 0 Å². The Morgan fingerprint density at radius 3 is 2.94 bits per heavy atom. The first-order valence-electron chi connectivity index (χ1n) is 6.39. The van der Waals surface area contributed by atoms with Gasteiger partial charge in [0.25, 0.3) is 5.91 Å². The van der Waals surface area contributed by atoms with Crippen molar-refractivity contribution in [2.75, 3.05) is 25.5 Å². The lowest BCUT2D eigenvalue weighted by Gasteiger charge is -2.14. The van der Waals surface area contributed by atoms with Crippen molar-refractivity contribution in [3.8, 4) is 0 Å². The molecule has 1 saturated heterocycles. The van der Waals surface area contributed by atoms with E-state index in [2.05, 4.69) is 10.6 Å². The maximum atomic E-state index is 11.5. The fourth-order valence-corrected chi connectivity index (χ4v) is 2.18. The van der Waals surface area contributed by atoms with Crippen molar-refractivity contribution in [1.29, 1.82) is 0 Å². The van der Waals surface area contributed by atoms with E-state index in [4.69, 9.17) is 4.74 Å². The van der Waals surface area contributed by atoms with Crippen molar-refractivity contribution < 1.29 is 9.53 Å². The van der Waals surface area contributed by atoms with Crippen molar-refractivity contribution in [2.45, 2.75) is 25.9 Å². The van der Waals surface area contributed by atoms with Crippen LogP contribution < -0.4 is 10.6 Å². The summed E-state index contributed by atoms with van der Waals surface area (Å²) in [7, 11) is 1.64. The van der Waals surface area contributed by atoms with Gasteiger partial charge in [-0.05, 0) is 43.5 Å². The van der Waals surface area contributed by atoms with Crippen molar-refractivity contribution in [3.05, 3.63) is 29.3 Å². The van der Waals surface area contributed by atoms with Gasteiger partial charge in [-0.2, -0.15) is 0 Å². The zero-order valence-corrected chi connectivity index (χ0v) is 11.0. The molecule has 18 heavy (non-hydrogen) atoms. The average molecular weight is 248 g/mol. The van der Waals surface area contributed by atoms with Crippen LogP contribution >= 0.6 is 0 Å². The highest BCUT2D eigenvalue weighted by molar-refractivity contribution is 5.94. The first kappa shape index (κ1) is 12.9. The smallest absolute Gasteiger partial charge is 0.251 e. The number of hydrogen-bond acceptors (Lipinski definition) is 3. The van der Waals surface area contributed by atoms with Gasteiger partial charge in [-0.3, -0.25) is 4.79 Å². The summed E-state index contributed by atoms with van der Waals surface area (Å²) in [5.74, 6) is -0.0521. The van der Waals surface area contributed by atoms with Gasteiger partial charge in [-0.25, -0.2) is 0 Å². The molecule has 1 heterocycles. The minimum Gasteiger partial charge on any atom is -0.382 e. The molecule has 1 aliphatic heterocycles. The first-order chi connectivity index (χ1) is 8.70. The van der Waals surface area contributed by atoms with E-state index >= 15 is 0 Å². The Hall–Kier alpha value is -1.55. The first-order valence-corrected chi connectivity index (χ1v) is 6.39. The normalized spacial score (nSPS) is 18.7. The topological polar surface area (TPSA) is 50.4 Å². The van der Waals surface area contributed by atoms with Gasteiger partial charge in [0, 0.05) is 31.5 Å². The molecule has 1 amide bonds. The molecule has 1 fully saturated rings. The highest BCUT2D eigenvalue weighted by atomic mass is 16.5. The van der Waals surface area contributed by atoms with Crippen LogP contribution in [0.15, 0.2) is 18.2 Å². The summed E-state index contributed by atoms with van der Waals surface area (Å²) in [5, 5.41) is 6.01. The van der Waals surface area contributed by atoms with Crippen LogP contribution in [-0.4, -0.2) is 32.2 Å². The molecule has 4 heteroatoms. The molecule has 1 unspecified atom stereocenters. The lowest BCUT2D eigenvalue weighted by atomic mass is 10.1. The molecule has 2 N–H and O–H groups in total. The largest absolute Gasteiger partial charge is 0.382 e. The van der Waals surface area contributed by atoms with Crippen molar-refractivity contribution in [2.24, 2.45) is 0 Å². The summed E-state index contributed by atoms with van der Waals surface area (Å²) in [6.07, 6.45) is 2.60. The van der Waals surface area contributed by atoms with Crippen LogP contribution in [-0.2, 0) is 4.74 Å². The van der Waals surface area contributed by atoms with Crippen LogP contribution in [0.5, 0.6) is 0 Å². The Morgan fingerprint density at radius 1 is 1.50 bits per heavy atom. The summed E-state index contributed by atoms with van der Waals surface area (Å²) >= 11 is 0. The second-order valence-electron chi connectivity index (χ2n) is 4.62. The molecule has 1 aliphatic rings. The fourth-order valence-electron chi connectivity index (χ4n) is 2.18. The van der Waals surface area contributed by atoms with E-state index in [1.165, 1.54) is 0 Å². The zero-order valence-electron chi connectivity index (χ0n) is 11.0. The third-order valence-electron chi connectivity index (χ3n) is 3.26. The van der Waals surface area contributed by atoms with Gasteiger partial charge in [0.2, 0.25) is 0 Å². The number of hydrogen-bond donors (Lipinski definition) is 2. The highest BCUT2D eigenvalue weighted by Gasteiger charge is 2.15. The highest BCUT2D eigenvalue weighted by Crippen LogP contribution is 2.18. The molecule has 1 aromatic carbocycles. The summed E-state index contributed by atoms with van der Waals surface area (Å²) in [4.78, 5) is 11.5. The SMILES string of the molecule is CNC(=O)c1ccc(NCC2CCCO2)c(C)c1. The number of benzene rings is 1. The van der Waals surface area contributed by atoms with Crippen LogP contribution in [0.3, 0.4) is 0 Å². The minimum absolute atomic E-state index is 0.0521. The standard InChI is InChI=1S/C14H20N2O2/c1-10-8-11(14(17)15-2)5-6-13(10)16-9-12-4-3-7-18-12/h5-6,8,12,16H,3-4,7,9H2,1-2H3,(H,15,17). The van der Waals surface area contributed by atoms with Crippen LogP contribution in [0.4, 0.5) is 5.69 Å². The molecule has 0 spiro atoms. The molecule has 1 atom stereocenters. The average Bonchev–Trinajstić information content (AvgIpc) is 2.89. The van der Waals surface area contributed by atoms with Gasteiger partial charge in [0.15, 0.2) is 0 Å². The summed E-state index contributed by atoms with van der Waals surface area (Å²) in [5.41, 5.74) is 2.84. The van der Waals surface area contributed by atoms with E-state index in [9.17, 15) is 4.79 Å². The monoisotopic (exact) mass is 248 g/mol. The number of anilines is 1. The van der Waals surface area contributed by atoms with E-state index in [1.54, 1.807) is 7.05 Å². The zero-order chi connectivity index (χ0) is 13.0. The Morgan fingerprint density at radius 2 is 2.33 bits per heavy atom. The van der Waals surface area contributed by atoms with Crippen molar-refractivity contribution >= 4 is 11.6 Å². The van der Waals surface area contributed by atoms with Gasteiger partial charge in [-0.1, -0.05) is 0 Å². The van der Waals surface area contributed by atoms with Crippen LogP contribution in [0, 0.1) is 6.92 Å². The second-order valence-corrected chi connectivity index (χ2v) is 4.62. The van der Waals surface area contributed by atoms with Crippen LogP contribution in [0.1, 0.15) is 28.8 Å². The van der Waals surface area contributed by atoms with E-state index in [0.717, 1.165) is 37.2 Å². The fraction of sp³-hybridized carbons (Fsp3) is 0.500. The number of nitrogens with one attached hydrogen (secondary N) is 2. The lowest BCUT2D eigenvalue weighted by molar-refractivity contribution is 0.0963. The predicted octanol–water partition coefficient (Wildman–Crippen LogP) is 1.95. The Labute approximate surface area is 108 Å². The molecule has 2 rings (SSSR count). The predicted molar refractivity (Wildman–Crippen MR) is 72.0 cm³/mol. The number of carbonyl (C=O) groups is 1. The Bertz CT molecular complexity index is 426.